The average Bonchev–Trinajstić information content (AvgIpc) is 3.11. The van der Waals surface area contributed by atoms with Crippen LogP contribution in [-0.2, 0) is 29.0 Å². The molecule has 116 valence electrons. The molecule has 1 aromatic heterocycles. The Morgan fingerprint density at radius 1 is 1.29 bits per heavy atom. The lowest BCUT2D eigenvalue weighted by Crippen LogP contribution is -2.41. The Hall–Kier alpha value is -0.980. The highest BCUT2D eigenvalue weighted by Crippen LogP contribution is 2.35. The molecule has 0 aliphatic carbocycles. The number of aryl methyl sites for hydroxylation is 1. The van der Waals surface area contributed by atoms with Gasteiger partial charge in [0.2, 0.25) is 0 Å². The molecule has 1 N–H and O–H groups in total. The SMILES string of the molecule is C1CCn2c(nnc2COC2COC3(CCNCC3)C2)C1. The van der Waals surface area contributed by atoms with Crippen LogP contribution in [0.25, 0.3) is 0 Å². The Kier molecular flexibility index (Phi) is 3.69. The van der Waals surface area contributed by atoms with E-state index in [0.717, 1.165) is 63.6 Å². The van der Waals surface area contributed by atoms with Gasteiger partial charge in [0, 0.05) is 19.4 Å². The van der Waals surface area contributed by atoms with Gasteiger partial charge in [-0.3, -0.25) is 0 Å². The van der Waals surface area contributed by atoms with E-state index in [9.17, 15) is 0 Å². The van der Waals surface area contributed by atoms with E-state index in [4.69, 9.17) is 9.47 Å². The van der Waals surface area contributed by atoms with Gasteiger partial charge in [-0.15, -0.1) is 10.2 Å². The Morgan fingerprint density at radius 2 is 2.19 bits per heavy atom. The molecule has 0 radical (unpaired) electrons. The summed E-state index contributed by atoms with van der Waals surface area (Å²) in [6.45, 7) is 4.45. The minimum absolute atomic E-state index is 0.0696. The van der Waals surface area contributed by atoms with E-state index in [1.54, 1.807) is 0 Å². The maximum atomic E-state index is 6.07. The van der Waals surface area contributed by atoms with Crippen molar-refractivity contribution in [2.45, 2.75) is 63.4 Å². The van der Waals surface area contributed by atoms with E-state index in [2.05, 4.69) is 20.1 Å². The molecule has 4 rings (SSSR count). The van der Waals surface area contributed by atoms with Crippen molar-refractivity contribution in [3.8, 4) is 0 Å². The third-order valence-electron chi connectivity index (χ3n) is 5.07. The van der Waals surface area contributed by atoms with Crippen LogP contribution < -0.4 is 5.32 Å². The fourth-order valence-corrected chi connectivity index (χ4v) is 3.81. The summed E-state index contributed by atoms with van der Waals surface area (Å²) in [5.41, 5.74) is 0.0696. The molecule has 1 atom stereocenters. The summed E-state index contributed by atoms with van der Waals surface area (Å²) in [7, 11) is 0. The van der Waals surface area contributed by atoms with Gasteiger partial charge < -0.3 is 19.4 Å². The molecule has 6 heteroatoms. The molecule has 3 aliphatic heterocycles. The molecule has 0 amide bonds. The molecule has 0 aromatic carbocycles. The Labute approximate surface area is 125 Å². The number of nitrogens with zero attached hydrogens (tertiary/aromatic N) is 3. The molecule has 6 nitrogen and oxygen atoms in total. The lowest BCUT2D eigenvalue weighted by atomic mass is 9.89. The third kappa shape index (κ3) is 2.72. The third-order valence-corrected chi connectivity index (χ3v) is 5.07. The van der Waals surface area contributed by atoms with Gasteiger partial charge >= 0.3 is 0 Å². The van der Waals surface area contributed by atoms with Crippen LogP contribution in [-0.4, -0.2) is 46.2 Å². The van der Waals surface area contributed by atoms with Gasteiger partial charge in [-0.25, -0.2) is 0 Å². The standard InChI is InChI=1S/C15H24N4O2/c1-2-8-19-13(3-1)17-18-14(19)11-20-12-9-15(21-10-12)4-6-16-7-5-15/h12,16H,1-11H2. The monoisotopic (exact) mass is 292 g/mol. The van der Waals surface area contributed by atoms with Crippen molar-refractivity contribution in [1.29, 1.82) is 0 Å². The molecule has 4 heterocycles. The van der Waals surface area contributed by atoms with E-state index in [-0.39, 0.29) is 11.7 Å². The topological polar surface area (TPSA) is 61.2 Å². The van der Waals surface area contributed by atoms with Crippen molar-refractivity contribution in [3.05, 3.63) is 11.6 Å². The second kappa shape index (κ2) is 5.66. The molecule has 1 aromatic rings. The maximum absolute atomic E-state index is 6.07. The van der Waals surface area contributed by atoms with E-state index >= 15 is 0 Å². The Morgan fingerprint density at radius 3 is 3.10 bits per heavy atom. The van der Waals surface area contributed by atoms with Crippen LogP contribution in [0, 0.1) is 0 Å². The van der Waals surface area contributed by atoms with Crippen LogP contribution >= 0.6 is 0 Å². The lowest BCUT2D eigenvalue weighted by molar-refractivity contribution is -0.0244. The molecular weight excluding hydrogens is 268 g/mol. The van der Waals surface area contributed by atoms with Crippen molar-refractivity contribution < 1.29 is 9.47 Å². The van der Waals surface area contributed by atoms with Crippen LogP contribution in [0.4, 0.5) is 0 Å². The van der Waals surface area contributed by atoms with Crippen molar-refractivity contribution >= 4 is 0 Å². The summed E-state index contributed by atoms with van der Waals surface area (Å²) in [4.78, 5) is 0. The van der Waals surface area contributed by atoms with E-state index in [0.29, 0.717) is 6.61 Å². The van der Waals surface area contributed by atoms with Gasteiger partial charge in [-0.1, -0.05) is 0 Å². The van der Waals surface area contributed by atoms with Crippen molar-refractivity contribution in [3.63, 3.8) is 0 Å². The number of nitrogens with one attached hydrogen (secondary N) is 1. The quantitative estimate of drug-likeness (QED) is 0.902. The van der Waals surface area contributed by atoms with Gasteiger partial charge in [-0.05, 0) is 38.8 Å². The first-order chi connectivity index (χ1) is 10.3. The number of rotatable bonds is 3. The highest BCUT2D eigenvalue weighted by Gasteiger charge is 2.41. The zero-order chi connectivity index (χ0) is 14.1. The van der Waals surface area contributed by atoms with Crippen LogP contribution in [0.1, 0.15) is 43.8 Å². The average molecular weight is 292 g/mol. The van der Waals surface area contributed by atoms with Gasteiger partial charge in [0.25, 0.3) is 0 Å². The fraction of sp³-hybridized carbons (Fsp3) is 0.867. The van der Waals surface area contributed by atoms with Gasteiger partial charge in [0.1, 0.15) is 12.4 Å². The summed E-state index contributed by atoms with van der Waals surface area (Å²) >= 11 is 0. The van der Waals surface area contributed by atoms with Crippen molar-refractivity contribution in [2.75, 3.05) is 19.7 Å². The molecular formula is C15H24N4O2. The summed E-state index contributed by atoms with van der Waals surface area (Å²) in [5, 5.41) is 12.0. The first kappa shape index (κ1) is 13.7. The van der Waals surface area contributed by atoms with E-state index < -0.39 is 0 Å². The number of hydrogen-bond acceptors (Lipinski definition) is 5. The maximum Gasteiger partial charge on any atom is 0.159 e. The highest BCUT2D eigenvalue weighted by molar-refractivity contribution is 4.98. The second-order valence-electron chi connectivity index (χ2n) is 6.52. The molecule has 3 aliphatic rings. The Balaban J connectivity index is 1.34. The van der Waals surface area contributed by atoms with Crippen LogP contribution in [0.15, 0.2) is 0 Å². The molecule has 2 saturated heterocycles. The van der Waals surface area contributed by atoms with Crippen LogP contribution in [0.5, 0.6) is 0 Å². The molecule has 1 unspecified atom stereocenters. The summed E-state index contributed by atoms with van der Waals surface area (Å²) < 4.78 is 14.4. The first-order valence-corrected chi connectivity index (χ1v) is 8.22. The first-order valence-electron chi connectivity index (χ1n) is 8.22. The number of ether oxygens (including phenoxy) is 2. The van der Waals surface area contributed by atoms with Gasteiger partial charge in [0.15, 0.2) is 5.82 Å². The highest BCUT2D eigenvalue weighted by atomic mass is 16.6. The van der Waals surface area contributed by atoms with E-state index in [1.165, 1.54) is 12.8 Å². The summed E-state index contributed by atoms with van der Waals surface area (Å²) in [5.74, 6) is 2.10. The minimum Gasteiger partial charge on any atom is -0.372 e. The number of piperidine rings is 1. The number of fused-ring (bicyclic) bond motifs is 1. The van der Waals surface area contributed by atoms with Crippen LogP contribution in [0.3, 0.4) is 0 Å². The molecule has 0 saturated carbocycles. The lowest BCUT2D eigenvalue weighted by Gasteiger charge is -2.32. The molecule has 2 fully saturated rings. The predicted molar refractivity (Wildman–Crippen MR) is 76.9 cm³/mol. The minimum atomic E-state index is 0.0696. The molecule has 21 heavy (non-hydrogen) atoms. The number of hydrogen-bond donors (Lipinski definition) is 1. The van der Waals surface area contributed by atoms with Crippen molar-refractivity contribution in [1.82, 2.24) is 20.1 Å². The summed E-state index contributed by atoms with van der Waals surface area (Å²) in [6.07, 6.45) is 6.94. The summed E-state index contributed by atoms with van der Waals surface area (Å²) in [6, 6.07) is 0. The van der Waals surface area contributed by atoms with Crippen molar-refractivity contribution in [2.24, 2.45) is 0 Å². The number of aromatic nitrogens is 3. The largest absolute Gasteiger partial charge is 0.372 e. The normalized spacial score (nSPS) is 27.9. The smallest absolute Gasteiger partial charge is 0.159 e. The second-order valence-corrected chi connectivity index (χ2v) is 6.52. The predicted octanol–water partition coefficient (Wildman–Crippen LogP) is 1.04. The van der Waals surface area contributed by atoms with Gasteiger partial charge in [-0.2, -0.15) is 0 Å². The van der Waals surface area contributed by atoms with Gasteiger partial charge in [0.05, 0.1) is 18.3 Å². The molecule has 0 bridgehead atoms. The zero-order valence-corrected chi connectivity index (χ0v) is 12.5. The molecule has 1 spiro atoms. The Bertz CT molecular complexity index is 496. The zero-order valence-electron chi connectivity index (χ0n) is 12.5. The van der Waals surface area contributed by atoms with E-state index in [1.807, 2.05) is 0 Å². The van der Waals surface area contributed by atoms with Crippen LogP contribution in [0.2, 0.25) is 0 Å². The fourth-order valence-electron chi connectivity index (χ4n) is 3.81.